The number of nitrogens with zero attached hydrogens (tertiary/aromatic N) is 1. The molecule has 1 aromatic rings. The number of piperidine rings is 1. The molecule has 0 saturated carbocycles. The van der Waals surface area contributed by atoms with Gasteiger partial charge in [-0.15, -0.1) is 0 Å². The van der Waals surface area contributed by atoms with Crippen LogP contribution in [0, 0.1) is 0 Å². The fourth-order valence-electron chi connectivity index (χ4n) is 2.10. The molecule has 2 rings (SSSR count). The average Bonchev–Trinajstić information content (AvgIpc) is 2.39. The zero-order valence-corrected chi connectivity index (χ0v) is 9.13. The smallest absolute Gasteiger partial charge is 0.254 e. The van der Waals surface area contributed by atoms with Gasteiger partial charge >= 0.3 is 0 Å². The Balaban J connectivity index is 2.17. The molecule has 0 aromatic heterocycles. The number of benzene rings is 1. The molecule has 0 unspecified atom stereocenters. The van der Waals surface area contributed by atoms with Gasteiger partial charge in [-0.3, -0.25) is 4.79 Å². The summed E-state index contributed by atoms with van der Waals surface area (Å²) in [7, 11) is 0. The zero-order valence-electron chi connectivity index (χ0n) is 9.13. The van der Waals surface area contributed by atoms with Crippen molar-refractivity contribution >= 4 is 12.2 Å². The van der Waals surface area contributed by atoms with E-state index in [1.165, 1.54) is 0 Å². The molecule has 84 valence electrons. The summed E-state index contributed by atoms with van der Waals surface area (Å²) >= 11 is 0. The third-order valence-electron chi connectivity index (χ3n) is 2.99. The maximum Gasteiger partial charge on any atom is 0.254 e. The van der Waals surface area contributed by atoms with E-state index in [4.69, 9.17) is 0 Å². The lowest BCUT2D eigenvalue weighted by Gasteiger charge is -2.32. The van der Waals surface area contributed by atoms with Crippen molar-refractivity contribution in [3.05, 3.63) is 35.9 Å². The second-order valence-corrected chi connectivity index (χ2v) is 4.06. The van der Waals surface area contributed by atoms with E-state index < -0.39 is 0 Å². The number of likely N-dealkylation sites (tertiary alicyclic amines) is 1. The number of rotatable bonds is 2. The Morgan fingerprint density at radius 3 is 2.69 bits per heavy atom. The summed E-state index contributed by atoms with van der Waals surface area (Å²) in [4.78, 5) is 24.7. The molecule has 0 aliphatic carbocycles. The first kappa shape index (κ1) is 10.9. The van der Waals surface area contributed by atoms with Crippen LogP contribution in [0.4, 0.5) is 0 Å². The largest absolute Gasteiger partial charge is 0.329 e. The van der Waals surface area contributed by atoms with Gasteiger partial charge in [0.1, 0.15) is 6.29 Å². The Kier molecular flexibility index (Phi) is 3.34. The van der Waals surface area contributed by atoms with Gasteiger partial charge in [-0.1, -0.05) is 18.2 Å². The molecule has 0 N–H and O–H groups in total. The molecule has 0 radical (unpaired) electrons. The minimum Gasteiger partial charge on any atom is -0.329 e. The molecule has 1 heterocycles. The van der Waals surface area contributed by atoms with Crippen LogP contribution in [0.25, 0.3) is 0 Å². The van der Waals surface area contributed by atoms with Crippen molar-refractivity contribution in [3.8, 4) is 0 Å². The molecular weight excluding hydrogens is 202 g/mol. The Morgan fingerprint density at radius 2 is 2.00 bits per heavy atom. The van der Waals surface area contributed by atoms with Gasteiger partial charge in [0.05, 0.1) is 6.04 Å². The quantitative estimate of drug-likeness (QED) is 0.709. The summed E-state index contributed by atoms with van der Waals surface area (Å²) in [6, 6.07) is 8.91. The van der Waals surface area contributed by atoms with E-state index in [0.29, 0.717) is 12.1 Å². The predicted molar refractivity (Wildman–Crippen MR) is 61.2 cm³/mol. The summed E-state index contributed by atoms with van der Waals surface area (Å²) in [5.74, 6) is -0.0302. The lowest BCUT2D eigenvalue weighted by Crippen LogP contribution is -2.44. The van der Waals surface area contributed by atoms with Crippen molar-refractivity contribution in [2.45, 2.75) is 25.3 Å². The molecule has 1 aromatic carbocycles. The van der Waals surface area contributed by atoms with Crippen molar-refractivity contribution in [3.63, 3.8) is 0 Å². The number of hydrogen-bond acceptors (Lipinski definition) is 2. The monoisotopic (exact) mass is 217 g/mol. The van der Waals surface area contributed by atoms with Crippen LogP contribution >= 0.6 is 0 Å². The van der Waals surface area contributed by atoms with E-state index in [-0.39, 0.29) is 11.9 Å². The van der Waals surface area contributed by atoms with Gasteiger partial charge in [-0.05, 0) is 31.4 Å². The molecule has 0 spiro atoms. The molecule has 1 aliphatic heterocycles. The van der Waals surface area contributed by atoms with Gasteiger partial charge in [0, 0.05) is 12.1 Å². The normalized spacial score (nSPS) is 20.5. The van der Waals surface area contributed by atoms with E-state index in [2.05, 4.69) is 0 Å². The number of aldehydes is 1. The van der Waals surface area contributed by atoms with Crippen molar-refractivity contribution < 1.29 is 9.59 Å². The van der Waals surface area contributed by atoms with Crippen LogP contribution in [0.15, 0.2) is 30.3 Å². The van der Waals surface area contributed by atoms with E-state index in [9.17, 15) is 9.59 Å². The number of hydrogen-bond donors (Lipinski definition) is 0. The van der Waals surface area contributed by atoms with Crippen LogP contribution in [0.5, 0.6) is 0 Å². The third kappa shape index (κ3) is 2.13. The third-order valence-corrected chi connectivity index (χ3v) is 2.99. The van der Waals surface area contributed by atoms with Gasteiger partial charge in [0.15, 0.2) is 0 Å². The standard InChI is InChI=1S/C13H15NO2/c15-10-12-8-4-5-9-14(12)13(16)11-6-2-1-3-7-11/h1-3,6-7,10,12H,4-5,8-9H2/t12-/m1/s1. The van der Waals surface area contributed by atoms with Crippen LogP contribution in [0.2, 0.25) is 0 Å². The Hall–Kier alpha value is -1.64. The van der Waals surface area contributed by atoms with E-state index in [0.717, 1.165) is 25.5 Å². The molecule has 0 bridgehead atoms. The van der Waals surface area contributed by atoms with Gasteiger partial charge < -0.3 is 9.69 Å². The highest BCUT2D eigenvalue weighted by Crippen LogP contribution is 2.18. The van der Waals surface area contributed by atoms with Crippen LogP contribution < -0.4 is 0 Å². The molecular formula is C13H15NO2. The lowest BCUT2D eigenvalue weighted by molar-refractivity contribution is -0.112. The molecule has 1 saturated heterocycles. The van der Waals surface area contributed by atoms with E-state index in [1.807, 2.05) is 18.2 Å². The highest BCUT2D eigenvalue weighted by molar-refractivity contribution is 5.95. The number of amides is 1. The van der Waals surface area contributed by atoms with E-state index >= 15 is 0 Å². The first-order chi connectivity index (χ1) is 7.83. The summed E-state index contributed by atoms with van der Waals surface area (Å²) in [5.41, 5.74) is 0.663. The highest BCUT2D eigenvalue weighted by Gasteiger charge is 2.26. The maximum absolute atomic E-state index is 12.1. The molecule has 3 heteroatoms. The first-order valence-corrected chi connectivity index (χ1v) is 5.64. The van der Waals surface area contributed by atoms with Gasteiger partial charge in [-0.25, -0.2) is 0 Å². The molecule has 3 nitrogen and oxygen atoms in total. The van der Waals surface area contributed by atoms with Crippen molar-refractivity contribution in [1.82, 2.24) is 4.90 Å². The minimum absolute atomic E-state index is 0.0302. The summed E-state index contributed by atoms with van der Waals surface area (Å²) in [6.45, 7) is 0.692. The Morgan fingerprint density at radius 1 is 1.25 bits per heavy atom. The molecule has 1 amide bonds. The number of carbonyl (C=O) groups excluding carboxylic acids is 2. The topological polar surface area (TPSA) is 37.4 Å². The fraction of sp³-hybridized carbons (Fsp3) is 0.385. The Labute approximate surface area is 95.1 Å². The van der Waals surface area contributed by atoms with Crippen LogP contribution in [-0.4, -0.2) is 29.7 Å². The van der Waals surface area contributed by atoms with Crippen molar-refractivity contribution in [2.24, 2.45) is 0 Å². The number of carbonyl (C=O) groups is 2. The van der Waals surface area contributed by atoms with E-state index in [1.54, 1.807) is 17.0 Å². The predicted octanol–water partition coefficient (Wildman–Crippen LogP) is 1.88. The van der Waals surface area contributed by atoms with Crippen LogP contribution in [0.1, 0.15) is 29.6 Å². The first-order valence-electron chi connectivity index (χ1n) is 5.64. The van der Waals surface area contributed by atoms with Crippen LogP contribution in [-0.2, 0) is 4.79 Å². The van der Waals surface area contributed by atoms with Crippen molar-refractivity contribution in [2.75, 3.05) is 6.54 Å². The Bertz CT molecular complexity index is 375. The van der Waals surface area contributed by atoms with Gasteiger partial charge in [0.25, 0.3) is 5.91 Å². The zero-order chi connectivity index (χ0) is 11.4. The minimum atomic E-state index is -0.235. The lowest BCUT2D eigenvalue weighted by atomic mass is 10.0. The van der Waals surface area contributed by atoms with Crippen LogP contribution in [0.3, 0.4) is 0 Å². The summed E-state index contributed by atoms with van der Waals surface area (Å²) < 4.78 is 0. The van der Waals surface area contributed by atoms with Gasteiger partial charge in [-0.2, -0.15) is 0 Å². The summed E-state index contributed by atoms with van der Waals surface area (Å²) in [6.07, 6.45) is 3.70. The molecule has 16 heavy (non-hydrogen) atoms. The molecule has 1 atom stereocenters. The second-order valence-electron chi connectivity index (χ2n) is 4.06. The maximum atomic E-state index is 12.1. The van der Waals surface area contributed by atoms with Gasteiger partial charge in [0.2, 0.25) is 0 Å². The summed E-state index contributed by atoms with van der Waals surface area (Å²) in [5, 5.41) is 0. The second kappa shape index (κ2) is 4.92. The molecule has 1 aliphatic rings. The highest BCUT2D eigenvalue weighted by atomic mass is 16.2. The fourth-order valence-corrected chi connectivity index (χ4v) is 2.10. The average molecular weight is 217 g/mol. The SMILES string of the molecule is O=C[C@H]1CCCCN1C(=O)c1ccccc1. The molecule has 1 fully saturated rings. The van der Waals surface area contributed by atoms with Crippen molar-refractivity contribution in [1.29, 1.82) is 0 Å².